The number of rotatable bonds is 7. The fourth-order valence-corrected chi connectivity index (χ4v) is 4.88. The van der Waals surface area contributed by atoms with E-state index in [0.717, 1.165) is 9.87 Å². The second-order valence-electron chi connectivity index (χ2n) is 7.10. The van der Waals surface area contributed by atoms with Gasteiger partial charge in [0.15, 0.2) is 0 Å². The van der Waals surface area contributed by atoms with E-state index in [-0.39, 0.29) is 4.90 Å². The average Bonchev–Trinajstić information content (AvgIpc) is 2.73. The Bertz CT molecular complexity index is 1260. The van der Waals surface area contributed by atoms with Gasteiger partial charge in [0.05, 0.1) is 16.8 Å². The molecule has 0 saturated carbocycles. The monoisotopic (exact) mass is 489 g/mol. The Kier molecular flexibility index (Phi) is 7.56. The van der Waals surface area contributed by atoms with Gasteiger partial charge in [-0.05, 0) is 67.4 Å². The number of nitrogens with one attached hydrogen (secondary N) is 1. The van der Waals surface area contributed by atoms with Gasteiger partial charge in [-0.3, -0.25) is 9.10 Å². The molecule has 32 heavy (non-hydrogen) atoms. The minimum absolute atomic E-state index is 0.0766. The van der Waals surface area contributed by atoms with Crippen molar-refractivity contribution in [3.05, 3.63) is 93.5 Å². The summed E-state index contributed by atoms with van der Waals surface area (Å²) in [5.41, 5.74) is 4.95. The van der Waals surface area contributed by atoms with E-state index in [4.69, 9.17) is 23.2 Å². The molecule has 1 N–H and O–H groups in total. The molecule has 0 aromatic heterocycles. The highest BCUT2D eigenvalue weighted by Gasteiger charge is 2.28. The van der Waals surface area contributed by atoms with Crippen LogP contribution in [-0.2, 0) is 14.8 Å². The molecule has 0 atom stereocenters. The summed E-state index contributed by atoms with van der Waals surface area (Å²) in [6.07, 6.45) is 1.43. The molecule has 3 aromatic carbocycles. The molecule has 3 rings (SSSR count). The van der Waals surface area contributed by atoms with Crippen molar-refractivity contribution in [2.75, 3.05) is 10.8 Å². The highest BCUT2D eigenvalue weighted by Crippen LogP contribution is 2.29. The number of benzene rings is 3. The molecule has 3 aromatic rings. The third-order valence-corrected chi connectivity index (χ3v) is 6.82. The van der Waals surface area contributed by atoms with Crippen molar-refractivity contribution in [2.45, 2.75) is 18.7 Å². The fourth-order valence-electron chi connectivity index (χ4n) is 2.97. The van der Waals surface area contributed by atoms with E-state index in [9.17, 15) is 13.2 Å². The van der Waals surface area contributed by atoms with Gasteiger partial charge in [0.1, 0.15) is 6.54 Å². The van der Waals surface area contributed by atoms with Gasteiger partial charge < -0.3 is 0 Å². The molecular weight excluding hydrogens is 469 g/mol. The molecule has 0 bridgehead atoms. The SMILES string of the molecule is Cc1ccc(S(=O)(=O)N(CC(=O)N/N=C\c2cccc(Cl)c2)c2ccc(Cl)cc2C)cc1. The van der Waals surface area contributed by atoms with E-state index in [0.29, 0.717) is 26.9 Å². The van der Waals surface area contributed by atoms with Gasteiger partial charge in [0, 0.05) is 10.0 Å². The number of aryl methyl sites for hydroxylation is 2. The Balaban J connectivity index is 1.88. The van der Waals surface area contributed by atoms with E-state index >= 15 is 0 Å². The Morgan fingerprint density at radius 2 is 1.69 bits per heavy atom. The van der Waals surface area contributed by atoms with E-state index in [1.165, 1.54) is 18.3 Å². The quantitative estimate of drug-likeness (QED) is 0.376. The topological polar surface area (TPSA) is 78.8 Å². The summed E-state index contributed by atoms with van der Waals surface area (Å²) < 4.78 is 27.9. The molecule has 166 valence electrons. The third-order valence-electron chi connectivity index (χ3n) is 4.58. The number of carbonyl (C=O) groups excluding carboxylic acids is 1. The number of hydrazone groups is 1. The maximum atomic E-state index is 13.4. The minimum atomic E-state index is -4.02. The Labute approximate surface area is 197 Å². The van der Waals surface area contributed by atoms with Crippen LogP contribution in [0.2, 0.25) is 10.0 Å². The second-order valence-corrected chi connectivity index (χ2v) is 9.84. The number of halogens is 2. The van der Waals surface area contributed by atoms with Crippen molar-refractivity contribution in [1.82, 2.24) is 5.43 Å². The second kappa shape index (κ2) is 10.2. The summed E-state index contributed by atoms with van der Waals surface area (Å²) in [7, 11) is -4.02. The minimum Gasteiger partial charge on any atom is -0.271 e. The Hall–Kier alpha value is -2.87. The van der Waals surface area contributed by atoms with Crippen LogP contribution in [0.1, 0.15) is 16.7 Å². The lowest BCUT2D eigenvalue weighted by molar-refractivity contribution is -0.119. The summed E-state index contributed by atoms with van der Waals surface area (Å²) in [5.74, 6) is -0.603. The lowest BCUT2D eigenvalue weighted by Gasteiger charge is -2.25. The highest BCUT2D eigenvalue weighted by molar-refractivity contribution is 7.92. The zero-order valence-electron chi connectivity index (χ0n) is 17.4. The number of hydrogen-bond acceptors (Lipinski definition) is 4. The van der Waals surface area contributed by atoms with Gasteiger partial charge >= 0.3 is 0 Å². The molecule has 6 nitrogen and oxygen atoms in total. The van der Waals surface area contributed by atoms with Crippen LogP contribution in [0.15, 0.2) is 76.7 Å². The zero-order chi connectivity index (χ0) is 23.3. The molecule has 1 amide bonds. The molecule has 0 aliphatic carbocycles. The maximum absolute atomic E-state index is 13.4. The van der Waals surface area contributed by atoms with Gasteiger partial charge in [-0.25, -0.2) is 13.8 Å². The van der Waals surface area contributed by atoms with Crippen molar-refractivity contribution < 1.29 is 13.2 Å². The highest BCUT2D eigenvalue weighted by atomic mass is 35.5. The van der Waals surface area contributed by atoms with Crippen molar-refractivity contribution in [2.24, 2.45) is 5.10 Å². The molecule has 0 saturated heterocycles. The van der Waals surface area contributed by atoms with Crippen molar-refractivity contribution in [3.63, 3.8) is 0 Å². The number of anilines is 1. The van der Waals surface area contributed by atoms with Gasteiger partial charge in [-0.15, -0.1) is 0 Å². The normalized spacial score (nSPS) is 11.5. The predicted molar refractivity (Wildman–Crippen MR) is 129 cm³/mol. The molecular formula is C23H21Cl2N3O3S. The lowest BCUT2D eigenvalue weighted by atomic mass is 10.2. The molecule has 9 heteroatoms. The molecule has 0 aliphatic heterocycles. The van der Waals surface area contributed by atoms with Crippen LogP contribution in [-0.4, -0.2) is 27.1 Å². The van der Waals surface area contributed by atoms with E-state index in [1.54, 1.807) is 61.5 Å². The molecule has 0 heterocycles. The summed E-state index contributed by atoms with van der Waals surface area (Å²) in [4.78, 5) is 12.7. The van der Waals surface area contributed by atoms with Gasteiger partial charge in [-0.2, -0.15) is 5.10 Å². The first-order chi connectivity index (χ1) is 15.2. The zero-order valence-corrected chi connectivity index (χ0v) is 19.7. The van der Waals surface area contributed by atoms with E-state index in [2.05, 4.69) is 10.5 Å². The summed E-state index contributed by atoms with van der Waals surface area (Å²) in [5, 5.41) is 4.91. The van der Waals surface area contributed by atoms with Crippen LogP contribution in [0.5, 0.6) is 0 Å². The van der Waals surface area contributed by atoms with Crippen molar-refractivity contribution in [1.29, 1.82) is 0 Å². The number of carbonyl (C=O) groups is 1. The largest absolute Gasteiger partial charge is 0.271 e. The van der Waals surface area contributed by atoms with Crippen LogP contribution in [0.4, 0.5) is 5.69 Å². The van der Waals surface area contributed by atoms with Gasteiger partial charge in [0.2, 0.25) is 0 Å². The smallest absolute Gasteiger partial charge is 0.264 e. The fraction of sp³-hybridized carbons (Fsp3) is 0.130. The summed E-state index contributed by atoms with van der Waals surface area (Å²) >= 11 is 12.0. The molecule has 0 spiro atoms. The predicted octanol–water partition coefficient (Wildman–Crippen LogP) is 4.96. The van der Waals surface area contributed by atoms with E-state index in [1.807, 2.05) is 6.92 Å². The molecule has 0 fully saturated rings. The first-order valence-corrected chi connectivity index (χ1v) is 11.8. The molecule has 0 aliphatic rings. The molecule has 0 radical (unpaired) electrons. The molecule has 0 unspecified atom stereocenters. The number of sulfonamides is 1. The van der Waals surface area contributed by atoms with E-state index < -0.39 is 22.5 Å². The number of hydrogen-bond donors (Lipinski definition) is 1. The van der Waals surface area contributed by atoms with Crippen LogP contribution >= 0.6 is 23.2 Å². The van der Waals surface area contributed by atoms with Crippen LogP contribution < -0.4 is 9.73 Å². The van der Waals surface area contributed by atoms with Crippen LogP contribution in [0.25, 0.3) is 0 Å². The Morgan fingerprint density at radius 1 is 1.00 bits per heavy atom. The number of nitrogens with zero attached hydrogens (tertiary/aromatic N) is 2. The van der Waals surface area contributed by atoms with Gasteiger partial charge in [0.25, 0.3) is 15.9 Å². The standard InChI is InChI=1S/C23H21Cl2N3O3S/c1-16-6-9-21(10-7-16)32(30,31)28(22-11-8-20(25)12-17(22)2)15-23(29)27-26-14-18-4-3-5-19(24)13-18/h3-14H,15H2,1-2H3,(H,27,29)/b26-14-. The van der Waals surface area contributed by atoms with Crippen molar-refractivity contribution >= 4 is 51.0 Å². The first kappa shape index (κ1) is 23.8. The first-order valence-electron chi connectivity index (χ1n) is 9.60. The number of amides is 1. The Morgan fingerprint density at radius 3 is 2.34 bits per heavy atom. The lowest BCUT2D eigenvalue weighted by Crippen LogP contribution is -2.40. The van der Waals surface area contributed by atoms with Crippen LogP contribution in [0.3, 0.4) is 0 Å². The average molecular weight is 490 g/mol. The maximum Gasteiger partial charge on any atom is 0.264 e. The summed E-state index contributed by atoms with van der Waals surface area (Å²) in [6, 6.07) is 18.2. The van der Waals surface area contributed by atoms with Crippen LogP contribution in [0, 0.1) is 13.8 Å². The third kappa shape index (κ3) is 5.88. The summed E-state index contributed by atoms with van der Waals surface area (Å²) in [6.45, 7) is 3.13. The van der Waals surface area contributed by atoms with Gasteiger partial charge in [-0.1, -0.05) is 53.0 Å². The van der Waals surface area contributed by atoms with Crippen molar-refractivity contribution in [3.8, 4) is 0 Å².